The molecule has 1 aliphatic rings. The van der Waals surface area contributed by atoms with Crippen LogP contribution in [-0.4, -0.2) is 27.4 Å². The number of nitrogens with one attached hydrogen (secondary N) is 2. The Bertz CT molecular complexity index is 594. The van der Waals surface area contributed by atoms with E-state index < -0.39 is 10.0 Å². The van der Waals surface area contributed by atoms with E-state index in [0.717, 1.165) is 25.7 Å². The molecule has 6 nitrogen and oxygen atoms in total. The van der Waals surface area contributed by atoms with Crippen LogP contribution in [0.3, 0.4) is 0 Å². The SMILES string of the molecule is CCC1CCCCC1NC(=O)c1ccc(S(=O)(=O)NC)o1. The minimum absolute atomic E-state index is 0.0317. The molecule has 1 heterocycles. The number of carbonyl (C=O) groups excluding carboxylic acids is 1. The lowest BCUT2D eigenvalue weighted by Crippen LogP contribution is -2.41. The quantitative estimate of drug-likeness (QED) is 0.868. The van der Waals surface area contributed by atoms with Gasteiger partial charge in [0.25, 0.3) is 15.9 Å². The second-order valence-corrected chi connectivity index (χ2v) is 7.18. The molecule has 1 aromatic rings. The van der Waals surface area contributed by atoms with Crippen LogP contribution in [-0.2, 0) is 10.0 Å². The largest absolute Gasteiger partial charge is 0.438 e. The van der Waals surface area contributed by atoms with Gasteiger partial charge in [0.05, 0.1) is 0 Å². The molecule has 0 spiro atoms. The Morgan fingerprint density at radius 1 is 1.33 bits per heavy atom. The monoisotopic (exact) mass is 314 g/mol. The van der Waals surface area contributed by atoms with Gasteiger partial charge in [-0.3, -0.25) is 4.79 Å². The van der Waals surface area contributed by atoms with Crippen molar-refractivity contribution in [1.29, 1.82) is 0 Å². The molecular weight excluding hydrogens is 292 g/mol. The van der Waals surface area contributed by atoms with Crippen molar-refractivity contribution in [2.24, 2.45) is 5.92 Å². The zero-order valence-corrected chi connectivity index (χ0v) is 13.2. The van der Waals surface area contributed by atoms with Crippen molar-refractivity contribution < 1.29 is 17.6 Å². The highest BCUT2D eigenvalue weighted by atomic mass is 32.2. The first kappa shape index (κ1) is 16.0. The number of hydrogen-bond acceptors (Lipinski definition) is 4. The number of carbonyl (C=O) groups is 1. The van der Waals surface area contributed by atoms with Gasteiger partial charge in [-0.05, 0) is 37.9 Å². The van der Waals surface area contributed by atoms with Gasteiger partial charge in [-0.25, -0.2) is 13.1 Å². The average Bonchev–Trinajstić information content (AvgIpc) is 2.98. The maximum absolute atomic E-state index is 12.2. The van der Waals surface area contributed by atoms with Crippen LogP contribution in [0.25, 0.3) is 0 Å². The smallest absolute Gasteiger partial charge is 0.287 e. The lowest BCUT2D eigenvalue weighted by molar-refractivity contribution is 0.0871. The molecule has 0 aromatic carbocycles. The number of amides is 1. The number of sulfonamides is 1. The van der Waals surface area contributed by atoms with Gasteiger partial charge in [-0.1, -0.05) is 26.2 Å². The minimum atomic E-state index is -3.66. The Balaban J connectivity index is 2.07. The van der Waals surface area contributed by atoms with Crippen LogP contribution in [0.5, 0.6) is 0 Å². The fourth-order valence-corrected chi connectivity index (χ4v) is 3.46. The molecule has 0 aliphatic heterocycles. The molecule has 21 heavy (non-hydrogen) atoms. The summed E-state index contributed by atoms with van der Waals surface area (Å²) in [6.07, 6.45) is 5.43. The van der Waals surface area contributed by atoms with Crippen molar-refractivity contribution in [2.75, 3.05) is 7.05 Å². The van der Waals surface area contributed by atoms with E-state index in [-0.39, 0.29) is 22.8 Å². The third-order valence-corrected chi connectivity index (χ3v) is 5.38. The lowest BCUT2D eigenvalue weighted by atomic mass is 9.83. The Labute approximate surface area is 125 Å². The molecule has 1 amide bonds. The van der Waals surface area contributed by atoms with Crippen molar-refractivity contribution in [1.82, 2.24) is 10.0 Å². The molecule has 1 aliphatic carbocycles. The Morgan fingerprint density at radius 2 is 2.05 bits per heavy atom. The average molecular weight is 314 g/mol. The predicted molar refractivity (Wildman–Crippen MR) is 78.5 cm³/mol. The van der Waals surface area contributed by atoms with Gasteiger partial charge in [0.15, 0.2) is 5.76 Å². The highest BCUT2D eigenvalue weighted by molar-refractivity contribution is 7.89. The van der Waals surface area contributed by atoms with E-state index in [4.69, 9.17) is 4.42 Å². The summed E-state index contributed by atoms with van der Waals surface area (Å²) in [6.45, 7) is 2.12. The number of furan rings is 1. The third-order valence-electron chi connectivity index (χ3n) is 4.09. The topological polar surface area (TPSA) is 88.4 Å². The second-order valence-electron chi connectivity index (χ2n) is 5.36. The maximum atomic E-state index is 12.2. The minimum Gasteiger partial charge on any atom is -0.438 e. The summed E-state index contributed by atoms with van der Waals surface area (Å²) < 4.78 is 30.5. The van der Waals surface area contributed by atoms with Gasteiger partial charge in [0.2, 0.25) is 5.09 Å². The van der Waals surface area contributed by atoms with Crippen molar-refractivity contribution in [3.05, 3.63) is 17.9 Å². The molecule has 0 bridgehead atoms. The van der Waals surface area contributed by atoms with Crippen LogP contribution in [0.15, 0.2) is 21.6 Å². The van der Waals surface area contributed by atoms with Crippen molar-refractivity contribution >= 4 is 15.9 Å². The zero-order valence-electron chi connectivity index (χ0n) is 12.4. The van der Waals surface area contributed by atoms with E-state index in [9.17, 15) is 13.2 Å². The summed E-state index contributed by atoms with van der Waals surface area (Å²) in [7, 11) is -2.36. The summed E-state index contributed by atoms with van der Waals surface area (Å²) in [4.78, 5) is 12.2. The first-order valence-electron chi connectivity index (χ1n) is 7.32. The van der Waals surface area contributed by atoms with E-state index >= 15 is 0 Å². The molecule has 2 unspecified atom stereocenters. The van der Waals surface area contributed by atoms with E-state index in [1.807, 2.05) is 0 Å². The van der Waals surface area contributed by atoms with Crippen LogP contribution < -0.4 is 10.0 Å². The van der Waals surface area contributed by atoms with E-state index in [1.165, 1.54) is 25.6 Å². The summed E-state index contributed by atoms with van der Waals surface area (Å²) in [6, 6.07) is 2.83. The van der Waals surface area contributed by atoms with Crippen LogP contribution in [0.4, 0.5) is 0 Å². The standard InChI is InChI=1S/C14H22N2O4S/c1-3-10-6-4-5-7-11(10)16-14(17)12-8-9-13(20-12)21(18,19)15-2/h8-11,15H,3-7H2,1-2H3,(H,16,17). The first-order chi connectivity index (χ1) is 9.97. The molecule has 1 aromatic heterocycles. The number of hydrogen-bond donors (Lipinski definition) is 2. The van der Waals surface area contributed by atoms with Crippen LogP contribution in [0.2, 0.25) is 0 Å². The van der Waals surface area contributed by atoms with E-state index in [0.29, 0.717) is 5.92 Å². The lowest BCUT2D eigenvalue weighted by Gasteiger charge is -2.31. The summed E-state index contributed by atoms with van der Waals surface area (Å²) >= 11 is 0. The van der Waals surface area contributed by atoms with Gasteiger partial charge >= 0.3 is 0 Å². The zero-order chi connectivity index (χ0) is 15.5. The Morgan fingerprint density at radius 3 is 2.71 bits per heavy atom. The van der Waals surface area contributed by atoms with Crippen molar-refractivity contribution in [3.8, 4) is 0 Å². The molecule has 118 valence electrons. The van der Waals surface area contributed by atoms with Crippen LogP contribution in [0.1, 0.15) is 49.6 Å². The molecule has 7 heteroatoms. The fraction of sp³-hybridized carbons (Fsp3) is 0.643. The molecule has 2 atom stereocenters. The Kier molecular flexibility index (Phi) is 5.05. The van der Waals surface area contributed by atoms with Gasteiger partial charge in [0, 0.05) is 6.04 Å². The molecule has 1 saturated carbocycles. The van der Waals surface area contributed by atoms with E-state index in [1.54, 1.807) is 0 Å². The van der Waals surface area contributed by atoms with E-state index in [2.05, 4.69) is 17.0 Å². The fourth-order valence-electron chi connectivity index (χ4n) is 2.81. The first-order valence-corrected chi connectivity index (χ1v) is 8.80. The molecule has 0 saturated heterocycles. The number of rotatable bonds is 5. The molecular formula is C14H22N2O4S. The molecule has 2 rings (SSSR count). The molecule has 1 fully saturated rings. The van der Waals surface area contributed by atoms with Crippen molar-refractivity contribution in [3.63, 3.8) is 0 Å². The predicted octanol–water partition coefficient (Wildman–Crippen LogP) is 1.89. The van der Waals surface area contributed by atoms with Crippen molar-refractivity contribution in [2.45, 2.75) is 50.2 Å². The normalized spacial score (nSPS) is 23.0. The molecule has 0 radical (unpaired) electrons. The summed E-state index contributed by atoms with van der Waals surface area (Å²) in [5.41, 5.74) is 0. The van der Waals surface area contributed by atoms with Crippen LogP contribution in [0, 0.1) is 5.92 Å². The molecule has 2 N–H and O–H groups in total. The maximum Gasteiger partial charge on any atom is 0.287 e. The van der Waals surface area contributed by atoms with Gasteiger partial charge in [0.1, 0.15) is 0 Å². The highest BCUT2D eigenvalue weighted by Crippen LogP contribution is 2.27. The van der Waals surface area contributed by atoms with Gasteiger partial charge in [-0.2, -0.15) is 0 Å². The Hall–Kier alpha value is -1.34. The third kappa shape index (κ3) is 3.65. The van der Waals surface area contributed by atoms with Gasteiger partial charge in [-0.15, -0.1) is 0 Å². The summed E-state index contributed by atoms with van der Waals surface area (Å²) in [5, 5.41) is 2.73. The highest BCUT2D eigenvalue weighted by Gasteiger charge is 2.27. The van der Waals surface area contributed by atoms with Gasteiger partial charge < -0.3 is 9.73 Å². The van der Waals surface area contributed by atoms with Crippen LogP contribution >= 0.6 is 0 Å². The second kappa shape index (κ2) is 6.62. The summed E-state index contributed by atoms with van der Waals surface area (Å²) in [5.74, 6) is 0.167.